The normalized spacial score (nSPS) is 12.0. The van der Waals surface area contributed by atoms with Crippen molar-refractivity contribution in [1.82, 2.24) is 9.24 Å². The van der Waals surface area contributed by atoms with Gasteiger partial charge in [-0.2, -0.15) is 4.68 Å². The second-order valence-corrected chi connectivity index (χ2v) is 7.10. The van der Waals surface area contributed by atoms with Crippen LogP contribution in [0.2, 0.25) is 0 Å². The first-order valence-electron chi connectivity index (χ1n) is 8.67. The Balaban J connectivity index is 3.40. The predicted octanol–water partition coefficient (Wildman–Crippen LogP) is 0.639. The molecule has 28 heavy (non-hydrogen) atoms. The van der Waals surface area contributed by atoms with Crippen LogP contribution in [-0.4, -0.2) is 59.0 Å². The van der Waals surface area contributed by atoms with Gasteiger partial charge in [0.2, 0.25) is 0 Å². The first-order valence-corrected chi connectivity index (χ1v) is 9.72. The van der Waals surface area contributed by atoms with Crippen molar-refractivity contribution in [2.24, 2.45) is 10.1 Å². The highest BCUT2D eigenvalue weighted by Crippen LogP contribution is 1.99. The molecule has 0 aliphatic heterocycles. The summed E-state index contributed by atoms with van der Waals surface area (Å²) in [5, 5.41) is 4.87. The number of rotatable bonds is 10. The van der Waals surface area contributed by atoms with Gasteiger partial charge in [-0.05, 0) is 26.5 Å². The van der Waals surface area contributed by atoms with Crippen LogP contribution in [0, 0.1) is 0 Å². The number of carbonyl (C=O) groups is 1. The van der Waals surface area contributed by atoms with Crippen LogP contribution in [0.5, 0.6) is 0 Å². The van der Waals surface area contributed by atoms with Crippen LogP contribution in [0.3, 0.4) is 0 Å². The van der Waals surface area contributed by atoms with E-state index in [0.29, 0.717) is 0 Å². The van der Waals surface area contributed by atoms with Crippen molar-refractivity contribution in [1.29, 1.82) is 0 Å². The smallest absolute Gasteiger partial charge is 0.352 e. The van der Waals surface area contributed by atoms with E-state index in [-0.39, 0.29) is 30.7 Å². The Morgan fingerprint density at radius 1 is 1.39 bits per heavy atom. The fraction of sp³-hybridized carbons (Fsp3) is 0.588. The molecule has 0 bridgehead atoms. The molecule has 0 aromatic carbocycles. The molecule has 0 atom stereocenters. The summed E-state index contributed by atoms with van der Waals surface area (Å²) in [5.41, 5.74) is 0.552. The Kier molecular flexibility index (Phi) is 9.66. The van der Waals surface area contributed by atoms with Crippen molar-refractivity contribution in [3.63, 3.8) is 0 Å². The second-order valence-electron chi connectivity index (χ2n) is 5.98. The van der Waals surface area contributed by atoms with Gasteiger partial charge in [0.1, 0.15) is 19.4 Å². The maximum atomic E-state index is 12.9. The topological polar surface area (TPSA) is 107 Å². The fourth-order valence-corrected chi connectivity index (χ4v) is 2.35. The van der Waals surface area contributed by atoms with Crippen LogP contribution in [-0.2, 0) is 21.1 Å². The fourth-order valence-electron chi connectivity index (χ4n) is 2.02. The first kappa shape index (κ1) is 23.6. The monoisotopic (exact) mass is 413 g/mol. The van der Waals surface area contributed by atoms with E-state index < -0.39 is 17.2 Å². The van der Waals surface area contributed by atoms with Crippen molar-refractivity contribution >= 4 is 28.9 Å². The highest BCUT2D eigenvalue weighted by Gasteiger charge is 2.20. The predicted molar refractivity (Wildman–Crippen MR) is 111 cm³/mol. The van der Waals surface area contributed by atoms with E-state index in [0.717, 1.165) is 15.4 Å². The molecule has 0 N–H and O–H groups in total. The number of carbonyl (C=O) groups excluding carboxylic acids is 1. The zero-order chi connectivity index (χ0) is 21.3. The largest absolute Gasteiger partial charge is 0.393 e. The van der Waals surface area contributed by atoms with Gasteiger partial charge >= 0.3 is 5.69 Å². The molecular weight excluding hydrogens is 386 g/mol. The van der Waals surface area contributed by atoms with Crippen molar-refractivity contribution in [3.8, 4) is 0 Å². The van der Waals surface area contributed by atoms with Crippen LogP contribution in [0.25, 0.3) is 0 Å². The molecule has 1 rings (SSSR count). The minimum absolute atomic E-state index is 0.0995. The molecule has 1 heterocycles. The second kappa shape index (κ2) is 11.4. The van der Waals surface area contributed by atoms with Crippen LogP contribution in [0.15, 0.2) is 25.9 Å². The van der Waals surface area contributed by atoms with Gasteiger partial charge in [0.05, 0.1) is 16.8 Å². The lowest BCUT2D eigenvalue weighted by Crippen LogP contribution is -2.55. The zero-order valence-corrected chi connectivity index (χ0v) is 17.9. The Morgan fingerprint density at radius 3 is 2.64 bits per heavy atom. The van der Waals surface area contributed by atoms with Gasteiger partial charge in [-0.1, -0.05) is 12.1 Å². The van der Waals surface area contributed by atoms with E-state index in [2.05, 4.69) is 10.1 Å². The van der Waals surface area contributed by atoms with Crippen molar-refractivity contribution < 1.29 is 14.4 Å². The number of likely N-dealkylation sites (N-methyl/N-ethyl adjacent to an activating group) is 1. The maximum absolute atomic E-state index is 12.9. The molecule has 0 saturated carbocycles. The van der Waals surface area contributed by atoms with Crippen molar-refractivity contribution in [2.75, 3.05) is 31.5 Å². The molecule has 0 radical (unpaired) electrons. The number of ether oxygens (including phenoxy) is 1. The molecule has 11 heteroatoms. The summed E-state index contributed by atoms with van der Waals surface area (Å²) in [7, 11) is 2.75. The third-order valence-corrected chi connectivity index (χ3v) is 4.03. The molecule has 0 saturated heterocycles. The number of nitrogens with zero attached hydrogens (tertiary/aromatic N) is 5. The molecule has 156 valence electrons. The van der Waals surface area contributed by atoms with Gasteiger partial charge < -0.3 is 9.57 Å². The van der Waals surface area contributed by atoms with E-state index in [4.69, 9.17) is 9.57 Å². The lowest BCUT2D eigenvalue weighted by molar-refractivity contribution is -0.118. The third kappa shape index (κ3) is 6.34. The number of methoxy groups -OCH3 is 1. The minimum Gasteiger partial charge on any atom is -0.393 e. The number of hydrogen-bond acceptors (Lipinski definition) is 8. The third-order valence-electron chi connectivity index (χ3n) is 3.40. The molecule has 0 unspecified atom stereocenters. The minimum atomic E-state index is -0.712. The molecule has 0 spiro atoms. The molecule has 0 aliphatic carbocycles. The van der Waals surface area contributed by atoms with Gasteiger partial charge in [-0.3, -0.25) is 19.1 Å². The van der Waals surface area contributed by atoms with E-state index in [1.807, 2.05) is 6.92 Å². The Hall–Kier alpha value is -2.40. The molecule has 0 aliphatic rings. The van der Waals surface area contributed by atoms with Crippen LogP contribution >= 0.6 is 11.8 Å². The summed E-state index contributed by atoms with van der Waals surface area (Å²) in [5.74, 6) is 0.315. The van der Waals surface area contributed by atoms with E-state index in [9.17, 15) is 14.4 Å². The summed E-state index contributed by atoms with van der Waals surface area (Å²) >= 11 is 1.44. The van der Waals surface area contributed by atoms with Gasteiger partial charge in [0, 0.05) is 20.4 Å². The number of aromatic nitrogens is 2. The molecule has 1 aromatic rings. The maximum Gasteiger partial charge on any atom is 0.352 e. The van der Waals surface area contributed by atoms with Crippen LogP contribution in [0.4, 0.5) is 0 Å². The first-order chi connectivity index (χ1) is 13.2. The zero-order valence-electron chi connectivity index (χ0n) is 17.0. The van der Waals surface area contributed by atoms with Gasteiger partial charge in [0.25, 0.3) is 11.5 Å². The van der Waals surface area contributed by atoms with Crippen molar-refractivity contribution in [2.45, 2.75) is 40.5 Å². The number of amides is 1. The number of hydrogen-bond donors (Lipinski definition) is 0. The molecule has 1 amide bonds. The Morgan fingerprint density at radius 2 is 2.07 bits per heavy atom. The average molecular weight is 414 g/mol. The summed E-state index contributed by atoms with van der Waals surface area (Å²) in [6.45, 7) is 6.85. The molecular formula is C17H27N5O5S. The van der Waals surface area contributed by atoms with Gasteiger partial charge in [-0.15, -0.1) is 11.8 Å². The summed E-state index contributed by atoms with van der Waals surface area (Å²) in [4.78, 5) is 47.1. The van der Waals surface area contributed by atoms with Crippen molar-refractivity contribution in [3.05, 3.63) is 32.6 Å². The highest BCUT2D eigenvalue weighted by atomic mass is 32.2. The van der Waals surface area contributed by atoms with Gasteiger partial charge in [0.15, 0.2) is 0 Å². The lowest BCUT2D eigenvalue weighted by atomic mass is 10.2. The summed E-state index contributed by atoms with van der Waals surface area (Å²) in [6, 6.07) is 0. The SMILES string of the molecule is CCSC=NCC(=O)N(C)n1c(=O)c(/C(C)=N/OC(C)C)cn(COC)c1=O. The Bertz CT molecular complexity index is 843. The number of thioether (sulfide) groups is 1. The highest BCUT2D eigenvalue weighted by molar-refractivity contribution is 8.12. The molecule has 0 fully saturated rings. The number of aliphatic imine (C=N–C) groups is 1. The molecule has 1 aromatic heterocycles. The quantitative estimate of drug-likeness (QED) is 0.316. The van der Waals surface area contributed by atoms with Gasteiger partial charge in [-0.25, -0.2) is 9.80 Å². The number of oxime groups is 1. The lowest BCUT2D eigenvalue weighted by Gasteiger charge is -2.20. The average Bonchev–Trinajstić information content (AvgIpc) is 2.65. The van der Waals surface area contributed by atoms with E-state index >= 15 is 0 Å². The summed E-state index contributed by atoms with van der Waals surface area (Å²) in [6.07, 6.45) is 1.16. The Labute approximate surface area is 167 Å². The van der Waals surface area contributed by atoms with E-state index in [1.54, 1.807) is 26.3 Å². The van der Waals surface area contributed by atoms with Crippen LogP contribution in [0.1, 0.15) is 33.3 Å². The summed E-state index contributed by atoms with van der Waals surface area (Å²) < 4.78 is 6.93. The van der Waals surface area contributed by atoms with E-state index in [1.165, 1.54) is 36.7 Å². The standard InChI is InChI=1S/C17H27N5O5S/c1-7-28-10-18-8-15(23)20(5)22-16(24)14(13(4)19-27-12(2)3)9-21(11-26-6)17(22)25/h9-10,12H,7-8,11H2,1-6H3/b18-10?,19-13+. The molecule has 10 nitrogen and oxygen atoms in total. The van der Waals surface area contributed by atoms with Crippen LogP contribution < -0.4 is 16.3 Å².